The molecular weight excluding hydrogens is 398 g/mol. The monoisotopic (exact) mass is 417 g/mol. The van der Waals surface area contributed by atoms with Gasteiger partial charge in [0, 0.05) is 24.6 Å². The third-order valence-corrected chi connectivity index (χ3v) is 5.32. The van der Waals surface area contributed by atoms with Gasteiger partial charge in [-0.1, -0.05) is 35.5 Å². The smallest absolute Gasteiger partial charge is 0.276 e. The summed E-state index contributed by atoms with van der Waals surface area (Å²) in [6.07, 6.45) is 2.21. The number of aliphatic imine (C=N–C) groups is 1. The van der Waals surface area contributed by atoms with Crippen molar-refractivity contribution in [2.45, 2.75) is 25.8 Å². The van der Waals surface area contributed by atoms with Gasteiger partial charge in [-0.2, -0.15) is 0 Å². The molecule has 1 unspecified atom stereocenters. The summed E-state index contributed by atoms with van der Waals surface area (Å²) in [6.45, 7) is 3.37. The molecule has 0 bridgehead atoms. The molecule has 9 heteroatoms. The maximum absolute atomic E-state index is 12.7. The van der Waals surface area contributed by atoms with Gasteiger partial charge in [-0.25, -0.2) is 4.98 Å². The van der Waals surface area contributed by atoms with Gasteiger partial charge in [-0.15, -0.1) is 0 Å². The molecule has 1 aromatic heterocycles. The van der Waals surface area contributed by atoms with E-state index < -0.39 is 11.4 Å². The molecule has 2 heterocycles. The van der Waals surface area contributed by atoms with Crippen molar-refractivity contribution in [3.8, 4) is 0 Å². The Hall–Kier alpha value is -2.58. The van der Waals surface area contributed by atoms with Crippen LogP contribution in [0.1, 0.15) is 36.3 Å². The summed E-state index contributed by atoms with van der Waals surface area (Å²) < 4.78 is 0. The first kappa shape index (κ1) is 20.2. The van der Waals surface area contributed by atoms with Crippen LogP contribution < -0.4 is 16.4 Å². The van der Waals surface area contributed by atoms with Crippen molar-refractivity contribution in [2.24, 2.45) is 10.7 Å². The Labute approximate surface area is 172 Å². The van der Waals surface area contributed by atoms with Crippen LogP contribution in [0.4, 0.5) is 11.4 Å². The largest absolute Gasteiger partial charge is 0.379 e. The van der Waals surface area contributed by atoms with E-state index in [4.69, 9.17) is 17.3 Å². The lowest BCUT2D eigenvalue weighted by Gasteiger charge is -2.30. The summed E-state index contributed by atoms with van der Waals surface area (Å²) >= 11 is 7.47. The summed E-state index contributed by atoms with van der Waals surface area (Å²) in [6, 6.07) is 8.96. The number of carbonyl (C=O) groups excluding carboxylic acids is 2. The van der Waals surface area contributed by atoms with Crippen molar-refractivity contribution in [3.05, 3.63) is 52.8 Å². The first-order chi connectivity index (χ1) is 13.3. The van der Waals surface area contributed by atoms with E-state index in [2.05, 4.69) is 20.6 Å². The van der Waals surface area contributed by atoms with Crippen molar-refractivity contribution < 1.29 is 9.59 Å². The number of carbonyl (C=O) groups is 2. The molecule has 0 fully saturated rings. The number of hydrogen-bond acceptors (Lipinski definition) is 6. The molecular formula is C19H20ClN5O2S. The SMILES string of the molecule is CC(=O)Nc1cc(Cl)cnc1C(=O)Nc1cccc(C2(C)CCSC(N)=N2)c1. The van der Waals surface area contributed by atoms with Crippen LogP contribution in [0.15, 0.2) is 41.5 Å². The van der Waals surface area contributed by atoms with Gasteiger partial charge in [-0.05, 0) is 37.1 Å². The topological polar surface area (TPSA) is 109 Å². The highest BCUT2D eigenvalue weighted by Crippen LogP contribution is 2.36. The molecule has 3 rings (SSSR count). The van der Waals surface area contributed by atoms with Crippen molar-refractivity contribution in [1.29, 1.82) is 0 Å². The predicted octanol–water partition coefficient (Wildman–Crippen LogP) is 3.61. The van der Waals surface area contributed by atoms with Crippen LogP contribution in [0.5, 0.6) is 0 Å². The molecule has 1 aromatic carbocycles. The van der Waals surface area contributed by atoms with E-state index in [0.717, 1.165) is 17.7 Å². The summed E-state index contributed by atoms with van der Waals surface area (Å²) in [5, 5.41) is 6.28. The molecule has 0 spiro atoms. The highest BCUT2D eigenvalue weighted by Gasteiger charge is 2.29. The number of nitrogens with zero attached hydrogens (tertiary/aromatic N) is 2. The summed E-state index contributed by atoms with van der Waals surface area (Å²) in [5.41, 5.74) is 7.35. The van der Waals surface area contributed by atoms with Gasteiger partial charge >= 0.3 is 0 Å². The zero-order chi connectivity index (χ0) is 20.3. The second kappa shape index (κ2) is 8.20. The zero-order valence-electron chi connectivity index (χ0n) is 15.5. The van der Waals surface area contributed by atoms with Crippen LogP contribution in [0, 0.1) is 0 Å². The van der Waals surface area contributed by atoms with Gasteiger partial charge in [0.2, 0.25) is 5.91 Å². The van der Waals surface area contributed by atoms with Crippen molar-refractivity contribution in [3.63, 3.8) is 0 Å². The van der Waals surface area contributed by atoms with E-state index in [1.165, 1.54) is 30.9 Å². The maximum atomic E-state index is 12.7. The van der Waals surface area contributed by atoms with Gasteiger partial charge in [0.05, 0.1) is 16.2 Å². The first-order valence-electron chi connectivity index (χ1n) is 8.60. The molecule has 0 saturated carbocycles. The standard InChI is InChI=1S/C19H20ClN5O2S/c1-11(26)23-15-9-13(20)10-22-16(15)17(27)24-14-5-3-4-12(8-14)19(2)6-7-28-18(21)25-19/h3-5,8-10H,6-7H2,1-2H3,(H2,21,25)(H,23,26)(H,24,27). The molecule has 1 aliphatic heterocycles. The Morgan fingerprint density at radius 2 is 2.07 bits per heavy atom. The molecule has 7 nitrogen and oxygen atoms in total. The van der Waals surface area contributed by atoms with Crippen LogP contribution in [0.25, 0.3) is 0 Å². The van der Waals surface area contributed by atoms with Crippen LogP contribution in [0.2, 0.25) is 5.02 Å². The summed E-state index contributed by atoms with van der Waals surface area (Å²) in [5.74, 6) is 0.112. The molecule has 0 saturated heterocycles. The van der Waals surface area contributed by atoms with Crippen molar-refractivity contribution in [2.75, 3.05) is 16.4 Å². The third kappa shape index (κ3) is 4.63. The molecule has 4 N–H and O–H groups in total. The first-order valence-corrected chi connectivity index (χ1v) is 9.96. The fourth-order valence-corrected chi connectivity index (χ4v) is 4.05. The van der Waals surface area contributed by atoms with E-state index in [1.54, 1.807) is 6.07 Å². The van der Waals surface area contributed by atoms with Crippen LogP contribution >= 0.6 is 23.4 Å². The van der Waals surface area contributed by atoms with E-state index in [0.29, 0.717) is 15.9 Å². The Morgan fingerprint density at radius 3 is 2.79 bits per heavy atom. The number of halogens is 1. The van der Waals surface area contributed by atoms with Crippen molar-refractivity contribution >= 4 is 51.7 Å². The number of anilines is 2. The fraction of sp³-hybridized carbons (Fsp3) is 0.263. The average molecular weight is 418 g/mol. The second-order valence-corrected chi connectivity index (χ2v) is 8.14. The Kier molecular flexibility index (Phi) is 5.90. The second-order valence-electron chi connectivity index (χ2n) is 6.59. The number of benzene rings is 1. The maximum Gasteiger partial charge on any atom is 0.276 e. The molecule has 2 aromatic rings. The summed E-state index contributed by atoms with van der Waals surface area (Å²) in [7, 11) is 0. The number of nitrogens with two attached hydrogens (primary N) is 1. The number of thioether (sulfide) groups is 1. The normalized spacial score (nSPS) is 18.9. The number of rotatable bonds is 4. The van der Waals surface area contributed by atoms with Gasteiger partial charge < -0.3 is 16.4 Å². The number of amidine groups is 1. The lowest BCUT2D eigenvalue weighted by Crippen LogP contribution is -2.28. The van der Waals surface area contributed by atoms with Crippen molar-refractivity contribution in [1.82, 2.24) is 4.98 Å². The number of amides is 2. The zero-order valence-corrected chi connectivity index (χ0v) is 17.0. The molecule has 146 valence electrons. The average Bonchev–Trinajstić information content (AvgIpc) is 2.61. The van der Waals surface area contributed by atoms with Crippen LogP contribution in [-0.2, 0) is 10.3 Å². The minimum absolute atomic E-state index is 0.0764. The molecule has 1 aliphatic rings. The third-order valence-electron chi connectivity index (χ3n) is 4.32. The lowest BCUT2D eigenvalue weighted by molar-refractivity contribution is -0.114. The number of nitrogens with one attached hydrogen (secondary N) is 2. The fourth-order valence-electron chi connectivity index (χ4n) is 2.92. The Bertz CT molecular complexity index is 965. The summed E-state index contributed by atoms with van der Waals surface area (Å²) in [4.78, 5) is 32.8. The number of aromatic nitrogens is 1. The predicted molar refractivity (Wildman–Crippen MR) is 114 cm³/mol. The van der Waals surface area contributed by atoms with E-state index >= 15 is 0 Å². The minimum atomic E-state index is -0.454. The van der Waals surface area contributed by atoms with Gasteiger partial charge in [0.15, 0.2) is 10.9 Å². The van der Waals surface area contributed by atoms with E-state index in [9.17, 15) is 9.59 Å². The Morgan fingerprint density at radius 1 is 1.29 bits per heavy atom. The van der Waals surface area contributed by atoms with Gasteiger partial charge in [-0.3, -0.25) is 14.6 Å². The molecule has 1 atom stereocenters. The van der Waals surface area contributed by atoms with Gasteiger partial charge in [0.25, 0.3) is 5.91 Å². The quantitative estimate of drug-likeness (QED) is 0.703. The highest BCUT2D eigenvalue weighted by atomic mass is 35.5. The molecule has 0 radical (unpaired) electrons. The van der Waals surface area contributed by atoms with E-state index in [1.807, 2.05) is 25.1 Å². The molecule has 28 heavy (non-hydrogen) atoms. The van der Waals surface area contributed by atoms with Crippen LogP contribution in [-0.4, -0.2) is 27.7 Å². The van der Waals surface area contributed by atoms with Crippen LogP contribution in [0.3, 0.4) is 0 Å². The minimum Gasteiger partial charge on any atom is -0.379 e. The molecule has 0 aliphatic carbocycles. The lowest BCUT2D eigenvalue weighted by atomic mass is 9.89. The number of hydrogen-bond donors (Lipinski definition) is 3. The number of pyridine rings is 1. The highest BCUT2D eigenvalue weighted by molar-refractivity contribution is 8.13. The Balaban J connectivity index is 1.86. The molecule has 2 amide bonds. The van der Waals surface area contributed by atoms with Gasteiger partial charge in [0.1, 0.15) is 0 Å². The van der Waals surface area contributed by atoms with E-state index in [-0.39, 0.29) is 17.3 Å².